The van der Waals surface area contributed by atoms with E-state index in [1.165, 1.54) is 83.5 Å². The maximum atomic E-state index is 12.9. The first kappa shape index (κ1) is 83.4. The second kappa shape index (κ2) is 68.3. The van der Waals surface area contributed by atoms with E-state index in [1.54, 1.807) is 0 Å². The van der Waals surface area contributed by atoms with Gasteiger partial charge in [0.15, 0.2) is 6.10 Å². The van der Waals surface area contributed by atoms with Crippen LogP contribution >= 0.6 is 0 Å². The van der Waals surface area contributed by atoms with Crippen molar-refractivity contribution in [2.24, 2.45) is 0 Å². The molecule has 0 fully saturated rings. The number of likely N-dealkylation sites (N-methyl/N-ethyl adjacent to an activating group) is 1. The molecule has 0 spiro atoms. The van der Waals surface area contributed by atoms with Crippen LogP contribution in [0.15, 0.2) is 182 Å². The van der Waals surface area contributed by atoms with Crippen molar-refractivity contribution in [2.75, 3.05) is 47.5 Å². The summed E-state index contributed by atoms with van der Waals surface area (Å²) in [6, 6.07) is 0. The van der Waals surface area contributed by atoms with Crippen molar-refractivity contribution in [2.45, 2.75) is 257 Å². The van der Waals surface area contributed by atoms with E-state index in [4.69, 9.17) is 18.9 Å². The third kappa shape index (κ3) is 69.7. The molecule has 0 heterocycles. The largest absolute Gasteiger partial charge is 0.477 e. The molecule has 9 heteroatoms. The van der Waals surface area contributed by atoms with Crippen LogP contribution in [0.25, 0.3) is 0 Å². The second-order valence-electron chi connectivity index (χ2n) is 23.7. The highest BCUT2D eigenvalue weighted by Crippen LogP contribution is 2.16. The van der Waals surface area contributed by atoms with Crippen molar-refractivity contribution in [3.8, 4) is 0 Å². The summed E-state index contributed by atoms with van der Waals surface area (Å²) in [6.45, 7) is 4.58. The van der Waals surface area contributed by atoms with Gasteiger partial charge in [-0.1, -0.05) is 280 Å². The molecule has 0 rings (SSSR count). The first-order valence-corrected chi connectivity index (χ1v) is 34.9. The van der Waals surface area contributed by atoms with Gasteiger partial charge in [0.05, 0.1) is 34.4 Å². The number of rotatable bonds is 62. The maximum Gasteiger partial charge on any atom is 0.361 e. The molecule has 0 saturated heterocycles. The number of unbranched alkanes of at least 4 members (excludes halogenated alkanes) is 17. The zero-order chi connectivity index (χ0) is 64.7. The van der Waals surface area contributed by atoms with Crippen LogP contribution < -0.4 is 0 Å². The average molecular weight is 1230 g/mol. The summed E-state index contributed by atoms with van der Waals surface area (Å²) in [7, 11) is 5.95. The number of carbonyl (C=O) groups is 3. The lowest BCUT2D eigenvalue weighted by Gasteiger charge is -2.25. The Balaban J connectivity index is 4.21. The normalized spacial score (nSPS) is 13.9. The van der Waals surface area contributed by atoms with E-state index < -0.39 is 24.3 Å². The topological polar surface area (TPSA) is 108 Å². The number of carboxylic acids is 1. The lowest BCUT2D eigenvalue weighted by Crippen LogP contribution is -2.40. The summed E-state index contributed by atoms with van der Waals surface area (Å²) in [6.07, 6.45) is 101. The Hall–Kier alpha value is -5.61. The van der Waals surface area contributed by atoms with Gasteiger partial charge in [0.2, 0.25) is 0 Å². The van der Waals surface area contributed by atoms with Gasteiger partial charge in [0, 0.05) is 12.8 Å². The summed E-state index contributed by atoms with van der Waals surface area (Å²) >= 11 is 0. The van der Waals surface area contributed by atoms with Gasteiger partial charge in [-0.3, -0.25) is 9.59 Å². The standard InChI is InChI=1S/C80H127NO8/c1-6-8-10-12-14-16-18-20-22-24-26-28-30-32-34-35-36-37-38-39-40-41-42-43-45-46-48-50-52-54-56-58-60-62-64-66-68-70-77(82)87-74-76(75-88-80(79(84)85)86-73-72-81(3,4)5)89-78(83)71-69-67-65-63-61-59-57-55-53-51-49-47-44-33-31-29-27-25-23-21-19-17-15-13-11-9-7-2/h8-11,14-17,20-23,26-29,32-34,36-37,39-40,44,49,51,55,57,61,63,76,80H,6-7,12-13,18-19,24-25,30-31,35,38,41-43,45-48,50,52-54,56,58-60,62,64-75H2,1-5H3/p+1/b10-8-,11-9-,16-14-,17-15-,22-20-,23-21-,28-26-,29-27-,34-32-,37-36-,40-39-,44-33-,51-49-,57-55-,63-61-. The summed E-state index contributed by atoms with van der Waals surface area (Å²) < 4.78 is 22.9. The van der Waals surface area contributed by atoms with Crippen molar-refractivity contribution in [3.63, 3.8) is 0 Å². The van der Waals surface area contributed by atoms with Crippen molar-refractivity contribution < 1.29 is 42.9 Å². The number of quaternary nitrogens is 1. The fourth-order valence-corrected chi connectivity index (χ4v) is 8.89. The predicted octanol–water partition coefficient (Wildman–Crippen LogP) is 22.0. The lowest BCUT2D eigenvalue weighted by atomic mass is 10.0. The number of carboxylic acid groups (broad SMARTS) is 1. The van der Waals surface area contributed by atoms with Gasteiger partial charge >= 0.3 is 17.9 Å². The number of hydrogen-bond acceptors (Lipinski definition) is 7. The maximum absolute atomic E-state index is 12.9. The molecule has 0 aromatic carbocycles. The molecule has 0 saturated carbocycles. The monoisotopic (exact) mass is 1230 g/mol. The summed E-state index contributed by atoms with van der Waals surface area (Å²) in [5.74, 6) is -2.08. The minimum absolute atomic E-state index is 0.170. The van der Waals surface area contributed by atoms with Crippen molar-refractivity contribution >= 4 is 17.9 Å². The Morgan fingerprint density at radius 2 is 0.607 bits per heavy atom. The second-order valence-corrected chi connectivity index (χ2v) is 23.7. The molecule has 0 aromatic heterocycles. The van der Waals surface area contributed by atoms with E-state index in [0.717, 1.165) is 128 Å². The predicted molar refractivity (Wildman–Crippen MR) is 382 cm³/mol. The summed E-state index contributed by atoms with van der Waals surface area (Å²) in [5, 5.41) is 9.74. The Bertz CT molecular complexity index is 2120. The van der Waals surface area contributed by atoms with Gasteiger partial charge in [0.25, 0.3) is 6.29 Å². The summed E-state index contributed by atoms with van der Waals surface area (Å²) in [4.78, 5) is 37.6. The van der Waals surface area contributed by atoms with E-state index in [1.807, 2.05) is 21.1 Å². The molecular weight excluding hydrogens is 1100 g/mol. The van der Waals surface area contributed by atoms with Crippen molar-refractivity contribution in [3.05, 3.63) is 182 Å². The molecule has 89 heavy (non-hydrogen) atoms. The Kier molecular flexibility index (Phi) is 64.0. The zero-order valence-electron chi connectivity index (χ0n) is 57.0. The van der Waals surface area contributed by atoms with Gasteiger partial charge < -0.3 is 28.5 Å². The molecule has 2 atom stereocenters. The fraction of sp³-hybridized carbons (Fsp3) is 0.588. The van der Waals surface area contributed by atoms with E-state index >= 15 is 0 Å². The number of ether oxygens (including phenoxy) is 4. The van der Waals surface area contributed by atoms with E-state index in [0.29, 0.717) is 17.4 Å². The molecule has 1 N–H and O–H groups in total. The van der Waals surface area contributed by atoms with E-state index in [2.05, 4.69) is 196 Å². The Morgan fingerprint density at radius 3 is 0.921 bits per heavy atom. The first-order chi connectivity index (χ1) is 43.6. The van der Waals surface area contributed by atoms with Crippen LogP contribution in [0.5, 0.6) is 0 Å². The quantitative estimate of drug-likeness (QED) is 0.0211. The minimum Gasteiger partial charge on any atom is -0.477 e. The van der Waals surface area contributed by atoms with Crippen LogP contribution in [0.2, 0.25) is 0 Å². The molecule has 0 aliphatic carbocycles. The van der Waals surface area contributed by atoms with Crippen LogP contribution in [-0.4, -0.2) is 87.4 Å². The number of esters is 2. The Morgan fingerprint density at radius 1 is 0.337 bits per heavy atom. The van der Waals surface area contributed by atoms with Crippen LogP contribution in [-0.2, 0) is 33.3 Å². The van der Waals surface area contributed by atoms with Gasteiger partial charge in [-0.05, 0) is 135 Å². The third-order valence-corrected chi connectivity index (χ3v) is 14.2. The van der Waals surface area contributed by atoms with Crippen LogP contribution in [0.3, 0.4) is 0 Å². The number of nitrogens with zero attached hydrogens (tertiary/aromatic N) is 1. The lowest BCUT2D eigenvalue weighted by molar-refractivity contribution is -0.870. The number of hydrogen-bond donors (Lipinski definition) is 1. The van der Waals surface area contributed by atoms with E-state index in [9.17, 15) is 19.5 Å². The molecule has 0 aromatic rings. The smallest absolute Gasteiger partial charge is 0.361 e. The SMILES string of the molecule is CC/C=C\C/C=C\C/C=C\C/C=C\C/C=C\C/C=C\C/C=C\C/C=C\CCCCC(=O)OC(COC(=O)CCCCCCCCCCCCCCCCC/C=C\C/C=C\C/C=C\C/C=C\C/C=C\C/C=C\C/C=C\CC)COC(OCC[N+](C)(C)C)C(=O)O. The van der Waals surface area contributed by atoms with Crippen molar-refractivity contribution in [1.82, 2.24) is 0 Å². The molecule has 0 bridgehead atoms. The highest BCUT2D eigenvalue weighted by atomic mass is 16.7. The van der Waals surface area contributed by atoms with E-state index in [-0.39, 0.29) is 38.6 Å². The zero-order valence-corrected chi connectivity index (χ0v) is 57.0. The van der Waals surface area contributed by atoms with Crippen LogP contribution in [0.1, 0.15) is 245 Å². The van der Waals surface area contributed by atoms with Gasteiger partial charge in [-0.2, -0.15) is 0 Å². The molecular formula is C80H128NO8+. The van der Waals surface area contributed by atoms with Crippen LogP contribution in [0.4, 0.5) is 0 Å². The minimum atomic E-state index is -1.53. The molecule has 500 valence electrons. The highest BCUT2D eigenvalue weighted by molar-refractivity contribution is 5.71. The summed E-state index contributed by atoms with van der Waals surface area (Å²) in [5.41, 5.74) is 0. The molecule has 0 aliphatic rings. The average Bonchev–Trinajstić information content (AvgIpc) is 3.64. The highest BCUT2D eigenvalue weighted by Gasteiger charge is 2.25. The first-order valence-electron chi connectivity index (χ1n) is 34.9. The third-order valence-electron chi connectivity index (χ3n) is 14.2. The van der Waals surface area contributed by atoms with Gasteiger partial charge in [-0.25, -0.2) is 4.79 Å². The molecule has 0 radical (unpaired) electrons. The number of allylic oxidation sites excluding steroid dienone is 30. The molecule has 0 amide bonds. The van der Waals surface area contributed by atoms with Crippen LogP contribution in [0, 0.1) is 0 Å². The Labute approximate surface area is 545 Å². The van der Waals surface area contributed by atoms with Gasteiger partial charge in [0.1, 0.15) is 13.2 Å². The number of carbonyl (C=O) groups excluding carboxylic acids is 2. The molecule has 2 unspecified atom stereocenters. The molecule has 9 nitrogen and oxygen atoms in total. The fourth-order valence-electron chi connectivity index (χ4n) is 8.89. The van der Waals surface area contributed by atoms with Crippen molar-refractivity contribution in [1.29, 1.82) is 0 Å². The molecule has 0 aliphatic heterocycles. The number of aliphatic carboxylic acids is 1. The van der Waals surface area contributed by atoms with Gasteiger partial charge in [-0.15, -0.1) is 0 Å².